The van der Waals surface area contributed by atoms with Crippen molar-refractivity contribution in [1.82, 2.24) is 20.9 Å². The Hall–Kier alpha value is -1.18. The molecule has 7 nitrogen and oxygen atoms in total. The van der Waals surface area contributed by atoms with E-state index in [1.165, 1.54) is 0 Å². The average molecular weight is 340 g/mol. The molecule has 0 saturated carbocycles. The van der Waals surface area contributed by atoms with E-state index >= 15 is 0 Å². The van der Waals surface area contributed by atoms with Crippen LogP contribution in [-0.4, -0.2) is 75.2 Å². The molecule has 138 valence electrons. The molecule has 2 fully saturated rings. The molecule has 7 heteroatoms. The van der Waals surface area contributed by atoms with E-state index in [0.29, 0.717) is 38.8 Å². The lowest BCUT2D eigenvalue weighted by molar-refractivity contribution is -0.124. The van der Waals surface area contributed by atoms with E-state index in [9.17, 15) is 9.59 Å². The zero-order valence-corrected chi connectivity index (χ0v) is 14.8. The largest absolute Gasteiger partial charge is 0.380 e. The number of piperidine rings is 1. The third-order valence-corrected chi connectivity index (χ3v) is 4.68. The van der Waals surface area contributed by atoms with E-state index in [1.807, 2.05) is 6.92 Å². The highest BCUT2D eigenvalue weighted by molar-refractivity contribution is 5.82. The molecule has 3 N–H and O–H groups in total. The highest BCUT2D eigenvalue weighted by Gasteiger charge is 2.25. The molecular weight excluding hydrogens is 308 g/mol. The van der Waals surface area contributed by atoms with Crippen LogP contribution >= 0.6 is 0 Å². The van der Waals surface area contributed by atoms with Crippen molar-refractivity contribution in [3.8, 4) is 0 Å². The first-order valence-corrected chi connectivity index (χ1v) is 9.27. The normalized spacial score (nSPS) is 24.7. The van der Waals surface area contributed by atoms with Crippen LogP contribution in [0.1, 0.15) is 32.6 Å². The van der Waals surface area contributed by atoms with Crippen LogP contribution in [0.15, 0.2) is 0 Å². The van der Waals surface area contributed by atoms with Crippen LogP contribution in [0, 0.1) is 5.92 Å². The summed E-state index contributed by atoms with van der Waals surface area (Å²) < 4.78 is 5.21. The predicted molar refractivity (Wildman–Crippen MR) is 92.7 cm³/mol. The smallest absolute Gasteiger partial charge is 0.237 e. The Morgan fingerprint density at radius 2 is 2.12 bits per heavy atom. The zero-order valence-electron chi connectivity index (χ0n) is 14.8. The maximum atomic E-state index is 12.1. The molecule has 0 bridgehead atoms. The Balaban J connectivity index is 1.62. The first kappa shape index (κ1) is 19.1. The van der Waals surface area contributed by atoms with Gasteiger partial charge in [0.05, 0.1) is 19.2 Å². The average Bonchev–Trinajstić information content (AvgIpc) is 3.12. The first-order valence-electron chi connectivity index (χ1n) is 9.27. The lowest BCUT2D eigenvalue weighted by Crippen LogP contribution is -2.47. The van der Waals surface area contributed by atoms with Crippen LogP contribution in [0.2, 0.25) is 0 Å². The van der Waals surface area contributed by atoms with E-state index in [4.69, 9.17) is 4.74 Å². The fraction of sp³-hybridized carbons (Fsp3) is 0.882. The van der Waals surface area contributed by atoms with E-state index in [2.05, 4.69) is 20.9 Å². The van der Waals surface area contributed by atoms with Crippen molar-refractivity contribution in [3.63, 3.8) is 0 Å². The second kappa shape index (κ2) is 10.6. The summed E-state index contributed by atoms with van der Waals surface area (Å²) in [5, 5.41) is 9.18. The van der Waals surface area contributed by atoms with E-state index in [1.54, 1.807) is 0 Å². The number of nitrogens with one attached hydrogen (secondary N) is 3. The minimum Gasteiger partial charge on any atom is -0.380 e. The monoisotopic (exact) mass is 340 g/mol. The summed E-state index contributed by atoms with van der Waals surface area (Å²) in [5.74, 6) is 0.605. The summed E-state index contributed by atoms with van der Waals surface area (Å²) >= 11 is 0. The first-order chi connectivity index (χ1) is 11.7. The van der Waals surface area contributed by atoms with Gasteiger partial charge in [-0.3, -0.25) is 14.5 Å². The maximum absolute atomic E-state index is 12.1. The Morgan fingerprint density at radius 3 is 2.88 bits per heavy atom. The second-order valence-electron chi connectivity index (χ2n) is 6.68. The molecule has 2 saturated heterocycles. The molecular formula is C17H32N4O3. The third kappa shape index (κ3) is 6.75. The Labute approximate surface area is 144 Å². The Morgan fingerprint density at radius 1 is 1.25 bits per heavy atom. The van der Waals surface area contributed by atoms with Gasteiger partial charge in [0, 0.05) is 26.2 Å². The van der Waals surface area contributed by atoms with Gasteiger partial charge in [0.2, 0.25) is 11.8 Å². The highest BCUT2D eigenvalue weighted by Crippen LogP contribution is 2.15. The van der Waals surface area contributed by atoms with Gasteiger partial charge in [-0.15, -0.1) is 0 Å². The number of ether oxygens (including phenoxy) is 1. The van der Waals surface area contributed by atoms with Gasteiger partial charge in [0.25, 0.3) is 0 Å². The number of likely N-dealkylation sites (tertiary alicyclic amines) is 1. The Kier molecular flexibility index (Phi) is 8.49. The second-order valence-corrected chi connectivity index (χ2v) is 6.68. The molecule has 2 aliphatic heterocycles. The molecule has 2 unspecified atom stereocenters. The minimum atomic E-state index is -0.0131. The fourth-order valence-corrected chi connectivity index (χ4v) is 3.40. The standard InChI is InChI=1S/C17H32N4O3/c1-2-24-10-8-19-16(22)13-21-9-4-5-14(12-21)11-20-17(23)15-6-3-7-18-15/h14-15,18H,2-13H2,1H3,(H,19,22)(H,20,23). The highest BCUT2D eigenvalue weighted by atomic mass is 16.5. The summed E-state index contributed by atoms with van der Waals surface area (Å²) in [6, 6.07) is -0.0131. The lowest BCUT2D eigenvalue weighted by Gasteiger charge is -2.32. The van der Waals surface area contributed by atoms with Crippen LogP contribution in [0.3, 0.4) is 0 Å². The summed E-state index contributed by atoms with van der Waals surface area (Å²) in [6.07, 6.45) is 4.20. The summed E-state index contributed by atoms with van der Waals surface area (Å²) in [6.45, 7) is 7.64. The van der Waals surface area contributed by atoms with Crippen molar-refractivity contribution in [2.75, 3.05) is 52.5 Å². The van der Waals surface area contributed by atoms with Crippen LogP contribution in [-0.2, 0) is 14.3 Å². The number of amides is 2. The molecule has 0 radical (unpaired) electrons. The number of rotatable bonds is 9. The maximum Gasteiger partial charge on any atom is 0.237 e. The number of carbonyl (C=O) groups excluding carboxylic acids is 2. The molecule has 2 amide bonds. The topological polar surface area (TPSA) is 82.7 Å². The molecule has 2 aliphatic rings. The number of carbonyl (C=O) groups is 2. The third-order valence-electron chi connectivity index (χ3n) is 4.68. The van der Waals surface area contributed by atoms with Gasteiger partial charge in [-0.2, -0.15) is 0 Å². The van der Waals surface area contributed by atoms with Crippen LogP contribution in [0.25, 0.3) is 0 Å². The molecule has 0 spiro atoms. The number of hydrogen-bond acceptors (Lipinski definition) is 5. The van der Waals surface area contributed by atoms with Gasteiger partial charge < -0.3 is 20.7 Å². The molecule has 24 heavy (non-hydrogen) atoms. The lowest BCUT2D eigenvalue weighted by atomic mass is 9.98. The predicted octanol–water partition coefficient (Wildman–Crippen LogP) is -0.281. The van der Waals surface area contributed by atoms with E-state index in [0.717, 1.165) is 45.3 Å². The van der Waals surface area contributed by atoms with Gasteiger partial charge >= 0.3 is 0 Å². The molecule has 0 aromatic heterocycles. The van der Waals surface area contributed by atoms with E-state index in [-0.39, 0.29) is 17.9 Å². The van der Waals surface area contributed by atoms with E-state index < -0.39 is 0 Å². The quantitative estimate of drug-likeness (QED) is 0.503. The zero-order chi connectivity index (χ0) is 17.2. The van der Waals surface area contributed by atoms with Crippen molar-refractivity contribution < 1.29 is 14.3 Å². The molecule has 2 atom stereocenters. The number of nitrogens with zero attached hydrogens (tertiary/aromatic N) is 1. The van der Waals surface area contributed by atoms with Crippen molar-refractivity contribution in [3.05, 3.63) is 0 Å². The minimum absolute atomic E-state index is 0.0131. The fourth-order valence-electron chi connectivity index (χ4n) is 3.40. The molecule has 2 rings (SSSR count). The van der Waals surface area contributed by atoms with Crippen molar-refractivity contribution >= 4 is 11.8 Å². The summed E-state index contributed by atoms with van der Waals surface area (Å²) in [7, 11) is 0. The van der Waals surface area contributed by atoms with Gasteiger partial charge in [0.1, 0.15) is 0 Å². The summed E-state index contributed by atoms with van der Waals surface area (Å²) in [5.41, 5.74) is 0. The molecule has 0 aromatic rings. The molecule has 0 aromatic carbocycles. The van der Waals surface area contributed by atoms with Crippen LogP contribution in [0.5, 0.6) is 0 Å². The van der Waals surface area contributed by atoms with Crippen LogP contribution in [0.4, 0.5) is 0 Å². The summed E-state index contributed by atoms with van der Waals surface area (Å²) in [4.78, 5) is 26.2. The van der Waals surface area contributed by atoms with Crippen LogP contribution < -0.4 is 16.0 Å². The van der Waals surface area contributed by atoms with Gasteiger partial charge in [-0.1, -0.05) is 0 Å². The van der Waals surface area contributed by atoms with Gasteiger partial charge in [0.15, 0.2) is 0 Å². The SMILES string of the molecule is CCOCCNC(=O)CN1CCCC(CNC(=O)C2CCCN2)C1. The molecule has 2 heterocycles. The van der Waals surface area contributed by atoms with Crippen molar-refractivity contribution in [1.29, 1.82) is 0 Å². The van der Waals surface area contributed by atoms with Gasteiger partial charge in [-0.25, -0.2) is 0 Å². The van der Waals surface area contributed by atoms with Crippen molar-refractivity contribution in [2.24, 2.45) is 5.92 Å². The number of hydrogen-bond donors (Lipinski definition) is 3. The van der Waals surface area contributed by atoms with Crippen molar-refractivity contribution in [2.45, 2.75) is 38.6 Å². The molecule has 0 aliphatic carbocycles. The van der Waals surface area contributed by atoms with Gasteiger partial charge in [-0.05, 0) is 51.6 Å². The Bertz CT molecular complexity index is 399.